The molecule has 0 aromatic rings. The molecule has 1 aliphatic heterocycles. The number of unbranched alkanes of at least 4 members (excludes halogenated alkanes) is 9. The molecular formula is C21H44N6. The summed E-state index contributed by atoms with van der Waals surface area (Å²) < 4.78 is 0. The van der Waals surface area contributed by atoms with Gasteiger partial charge in [0.05, 0.1) is 0 Å². The summed E-state index contributed by atoms with van der Waals surface area (Å²) in [5.74, 6) is 0.856. The Morgan fingerprint density at radius 2 is 1.11 bits per heavy atom. The van der Waals surface area contributed by atoms with Gasteiger partial charge in [0.1, 0.15) is 0 Å². The predicted molar refractivity (Wildman–Crippen MR) is 118 cm³/mol. The zero-order valence-corrected chi connectivity index (χ0v) is 18.1. The van der Waals surface area contributed by atoms with Crippen LogP contribution in [0.2, 0.25) is 0 Å². The molecule has 0 aromatic carbocycles. The SMILES string of the molecule is CCCCCCN=C1NC(=NCCCCCC)NC(N)(CCCCCC)N1. The Hall–Kier alpha value is -1.30. The fourth-order valence-electron chi connectivity index (χ4n) is 3.20. The van der Waals surface area contributed by atoms with E-state index in [1.165, 1.54) is 57.8 Å². The topological polar surface area (TPSA) is 86.8 Å². The van der Waals surface area contributed by atoms with Gasteiger partial charge in [-0.2, -0.15) is 0 Å². The largest absolute Gasteiger partial charge is 0.321 e. The van der Waals surface area contributed by atoms with Crippen molar-refractivity contribution in [1.29, 1.82) is 0 Å². The molecule has 158 valence electrons. The minimum Gasteiger partial charge on any atom is -0.321 e. The summed E-state index contributed by atoms with van der Waals surface area (Å²) in [6.45, 7) is 8.33. The van der Waals surface area contributed by atoms with Crippen molar-refractivity contribution in [2.45, 2.75) is 110 Å². The van der Waals surface area contributed by atoms with Crippen molar-refractivity contribution < 1.29 is 0 Å². The number of nitrogens with two attached hydrogens (primary N) is 1. The first kappa shape index (κ1) is 23.7. The minimum absolute atomic E-state index is 0.663. The Morgan fingerprint density at radius 1 is 0.667 bits per heavy atom. The lowest BCUT2D eigenvalue weighted by Gasteiger charge is -2.39. The van der Waals surface area contributed by atoms with E-state index in [4.69, 9.17) is 15.7 Å². The number of aliphatic imine (C=N–C) groups is 2. The summed E-state index contributed by atoms with van der Waals surface area (Å²) in [5, 5.41) is 10.0. The van der Waals surface area contributed by atoms with Crippen molar-refractivity contribution in [3.05, 3.63) is 0 Å². The summed E-state index contributed by atoms with van der Waals surface area (Å²) in [7, 11) is 0. The van der Waals surface area contributed by atoms with Gasteiger partial charge >= 0.3 is 0 Å². The highest BCUT2D eigenvalue weighted by Gasteiger charge is 2.31. The number of nitrogens with zero attached hydrogens (tertiary/aromatic N) is 2. The van der Waals surface area contributed by atoms with E-state index in [2.05, 4.69) is 36.7 Å². The molecule has 0 aromatic heterocycles. The van der Waals surface area contributed by atoms with Crippen LogP contribution in [0, 0.1) is 0 Å². The summed E-state index contributed by atoms with van der Waals surface area (Å²) in [4.78, 5) is 9.39. The molecule has 0 spiro atoms. The lowest BCUT2D eigenvalue weighted by Crippen LogP contribution is -2.75. The average Bonchev–Trinajstić information content (AvgIpc) is 2.65. The van der Waals surface area contributed by atoms with Gasteiger partial charge in [0, 0.05) is 19.5 Å². The van der Waals surface area contributed by atoms with Gasteiger partial charge in [-0.25, -0.2) is 0 Å². The molecule has 5 N–H and O–H groups in total. The van der Waals surface area contributed by atoms with Crippen LogP contribution in [-0.4, -0.2) is 30.8 Å². The summed E-state index contributed by atoms with van der Waals surface area (Å²) in [6, 6.07) is 0. The van der Waals surface area contributed by atoms with Gasteiger partial charge in [0.2, 0.25) is 11.9 Å². The van der Waals surface area contributed by atoms with Crippen LogP contribution >= 0.6 is 0 Å². The van der Waals surface area contributed by atoms with Crippen molar-refractivity contribution in [3.63, 3.8) is 0 Å². The fourth-order valence-corrected chi connectivity index (χ4v) is 3.20. The number of guanidine groups is 2. The molecule has 1 heterocycles. The van der Waals surface area contributed by atoms with E-state index in [9.17, 15) is 0 Å². The quantitative estimate of drug-likeness (QED) is 0.320. The van der Waals surface area contributed by atoms with Crippen molar-refractivity contribution in [1.82, 2.24) is 16.0 Å². The molecule has 6 heteroatoms. The average molecular weight is 381 g/mol. The van der Waals surface area contributed by atoms with E-state index < -0.39 is 5.79 Å². The molecule has 6 nitrogen and oxygen atoms in total. The molecule has 0 radical (unpaired) electrons. The summed E-state index contributed by atoms with van der Waals surface area (Å²) >= 11 is 0. The Labute approximate surface area is 167 Å². The second kappa shape index (κ2) is 14.7. The van der Waals surface area contributed by atoms with Crippen LogP contribution in [0.25, 0.3) is 0 Å². The number of hydrogen-bond donors (Lipinski definition) is 4. The van der Waals surface area contributed by atoms with Crippen LogP contribution in [0.3, 0.4) is 0 Å². The third-order valence-corrected chi connectivity index (χ3v) is 4.91. The Morgan fingerprint density at radius 3 is 1.56 bits per heavy atom. The minimum atomic E-state index is -0.663. The Balaban J connectivity index is 2.61. The predicted octanol–water partition coefficient (Wildman–Crippen LogP) is 4.22. The lowest BCUT2D eigenvalue weighted by atomic mass is 10.1. The van der Waals surface area contributed by atoms with Gasteiger partial charge in [0.15, 0.2) is 5.79 Å². The molecule has 0 amide bonds. The molecule has 1 saturated heterocycles. The summed E-state index contributed by atoms with van der Waals surface area (Å²) in [6.07, 6.45) is 15.4. The molecule has 0 atom stereocenters. The molecular weight excluding hydrogens is 336 g/mol. The number of hydrogen-bond acceptors (Lipinski definition) is 3. The molecule has 1 rings (SSSR count). The molecule has 1 fully saturated rings. The molecule has 27 heavy (non-hydrogen) atoms. The summed E-state index contributed by atoms with van der Waals surface area (Å²) in [5.41, 5.74) is 6.60. The Bertz CT molecular complexity index is 402. The maximum absolute atomic E-state index is 6.60. The molecule has 0 bridgehead atoms. The van der Waals surface area contributed by atoms with Crippen LogP contribution < -0.4 is 21.7 Å². The highest BCUT2D eigenvalue weighted by Crippen LogP contribution is 2.11. The third kappa shape index (κ3) is 11.2. The molecule has 0 saturated carbocycles. The first-order valence-electron chi connectivity index (χ1n) is 11.3. The van der Waals surface area contributed by atoms with E-state index in [-0.39, 0.29) is 0 Å². The van der Waals surface area contributed by atoms with Gasteiger partial charge in [-0.1, -0.05) is 78.6 Å². The van der Waals surface area contributed by atoms with E-state index in [1.54, 1.807) is 0 Å². The second-order valence-corrected chi connectivity index (χ2v) is 7.74. The van der Waals surface area contributed by atoms with Crippen LogP contribution in [-0.2, 0) is 0 Å². The van der Waals surface area contributed by atoms with Gasteiger partial charge in [0.25, 0.3) is 0 Å². The first-order chi connectivity index (χ1) is 13.1. The standard InChI is InChI=1S/C21H44N6/c1-4-7-10-13-16-21(22)26-19(23-17-14-11-8-5-2)25-20(27-21)24-18-15-12-9-6-3/h4-18,22H2,1-3H3,(H3,23,24,25,26,27). The Kier molecular flexibility index (Phi) is 12.9. The van der Waals surface area contributed by atoms with Crippen molar-refractivity contribution in [3.8, 4) is 0 Å². The van der Waals surface area contributed by atoms with E-state index in [0.29, 0.717) is 0 Å². The van der Waals surface area contributed by atoms with E-state index in [0.717, 1.165) is 50.7 Å². The normalized spacial score (nSPS) is 22.5. The highest BCUT2D eigenvalue weighted by atomic mass is 15.5. The smallest absolute Gasteiger partial charge is 0.200 e. The third-order valence-electron chi connectivity index (χ3n) is 4.91. The van der Waals surface area contributed by atoms with Crippen molar-refractivity contribution >= 4 is 11.9 Å². The van der Waals surface area contributed by atoms with Gasteiger partial charge in [-0.3, -0.25) is 21.0 Å². The number of nitrogens with one attached hydrogen (secondary N) is 3. The van der Waals surface area contributed by atoms with Gasteiger partial charge < -0.3 is 10.6 Å². The molecule has 0 unspecified atom stereocenters. The lowest BCUT2D eigenvalue weighted by molar-refractivity contribution is 0.306. The number of rotatable bonds is 15. The highest BCUT2D eigenvalue weighted by molar-refractivity contribution is 6.01. The van der Waals surface area contributed by atoms with Gasteiger partial charge in [-0.05, 0) is 19.3 Å². The van der Waals surface area contributed by atoms with Crippen molar-refractivity contribution in [2.75, 3.05) is 13.1 Å². The van der Waals surface area contributed by atoms with E-state index in [1.807, 2.05) is 0 Å². The molecule has 1 aliphatic rings. The maximum Gasteiger partial charge on any atom is 0.200 e. The van der Waals surface area contributed by atoms with Crippen molar-refractivity contribution in [2.24, 2.45) is 15.7 Å². The zero-order valence-electron chi connectivity index (χ0n) is 18.1. The maximum atomic E-state index is 6.60. The van der Waals surface area contributed by atoms with Crippen LogP contribution in [0.4, 0.5) is 0 Å². The fraction of sp³-hybridized carbons (Fsp3) is 0.905. The zero-order chi connectivity index (χ0) is 19.8. The molecule has 0 aliphatic carbocycles. The van der Waals surface area contributed by atoms with Crippen LogP contribution in [0.1, 0.15) is 104 Å². The second-order valence-electron chi connectivity index (χ2n) is 7.74. The monoisotopic (exact) mass is 380 g/mol. The van der Waals surface area contributed by atoms with Crippen LogP contribution in [0.15, 0.2) is 9.98 Å². The first-order valence-corrected chi connectivity index (χ1v) is 11.3. The van der Waals surface area contributed by atoms with Crippen LogP contribution in [0.5, 0.6) is 0 Å². The van der Waals surface area contributed by atoms with Gasteiger partial charge in [-0.15, -0.1) is 0 Å². The van der Waals surface area contributed by atoms with E-state index >= 15 is 0 Å².